The Morgan fingerprint density at radius 2 is 1.64 bits per heavy atom. The van der Waals surface area contributed by atoms with E-state index >= 15 is 0 Å². The fourth-order valence-electron chi connectivity index (χ4n) is 1.76. The van der Waals surface area contributed by atoms with Crippen LogP contribution in [0.15, 0.2) is 53.4 Å². The summed E-state index contributed by atoms with van der Waals surface area (Å²) in [5.74, 6) is 1.18. The summed E-state index contributed by atoms with van der Waals surface area (Å²) in [7, 11) is -3.19. The Labute approximate surface area is 129 Å². The second-order valence-electron chi connectivity index (χ2n) is 4.58. The van der Waals surface area contributed by atoms with Crippen molar-refractivity contribution < 1.29 is 17.9 Å². The van der Waals surface area contributed by atoms with Gasteiger partial charge in [0.15, 0.2) is 9.84 Å². The van der Waals surface area contributed by atoms with E-state index in [0.29, 0.717) is 30.3 Å². The summed E-state index contributed by atoms with van der Waals surface area (Å²) in [6, 6.07) is 15.1. The molecule has 0 fully saturated rings. The Morgan fingerprint density at radius 3 is 2.23 bits per heavy atom. The number of benzene rings is 2. The molecule has 0 radical (unpaired) electrons. The summed E-state index contributed by atoms with van der Waals surface area (Å²) >= 11 is 0. The van der Waals surface area contributed by atoms with Gasteiger partial charge in [0.2, 0.25) is 0 Å². The first-order valence-electron chi connectivity index (χ1n) is 6.55. The third-order valence-corrected chi connectivity index (χ3v) is 3.96. The minimum absolute atomic E-state index is 0.254. The quantitative estimate of drug-likeness (QED) is 0.765. The molecule has 114 valence electrons. The lowest BCUT2D eigenvalue weighted by molar-refractivity contribution is 0.217. The van der Waals surface area contributed by atoms with Crippen molar-refractivity contribution >= 4 is 9.84 Å². The normalized spacial score (nSPS) is 10.7. The van der Waals surface area contributed by atoms with Gasteiger partial charge in [-0.1, -0.05) is 6.07 Å². The van der Waals surface area contributed by atoms with Gasteiger partial charge in [0.05, 0.1) is 16.5 Å². The maximum Gasteiger partial charge on any atom is 0.175 e. The molecular formula is C16H15NO4S. The standard InChI is InChI=1S/C16H15NO4S/c1-22(18,19)16-7-5-14(6-8-16)20-9-10-21-15-4-2-3-13(11-15)12-17/h2-8,11H,9-10H2,1H3. The van der Waals surface area contributed by atoms with Crippen LogP contribution in [0.3, 0.4) is 0 Å². The molecule has 0 spiro atoms. The van der Waals surface area contributed by atoms with E-state index in [2.05, 4.69) is 0 Å². The van der Waals surface area contributed by atoms with Gasteiger partial charge in [-0.3, -0.25) is 0 Å². The number of hydrogen-bond acceptors (Lipinski definition) is 5. The molecule has 0 aliphatic carbocycles. The average Bonchev–Trinajstić information content (AvgIpc) is 2.51. The highest BCUT2D eigenvalue weighted by molar-refractivity contribution is 7.90. The number of ether oxygens (including phenoxy) is 2. The van der Waals surface area contributed by atoms with Crippen molar-refractivity contribution in [2.75, 3.05) is 19.5 Å². The van der Waals surface area contributed by atoms with Crippen LogP contribution in [0, 0.1) is 11.3 Å². The lowest BCUT2D eigenvalue weighted by Crippen LogP contribution is -2.09. The monoisotopic (exact) mass is 317 g/mol. The number of nitrogens with zero attached hydrogens (tertiary/aromatic N) is 1. The maximum absolute atomic E-state index is 11.3. The molecule has 0 unspecified atom stereocenters. The van der Waals surface area contributed by atoms with Crippen molar-refractivity contribution in [3.05, 3.63) is 54.1 Å². The van der Waals surface area contributed by atoms with Crippen molar-refractivity contribution in [2.45, 2.75) is 4.90 Å². The van der Waals surface area contributed by atoms with Gasteiger partial charge in [-0.2, -0.15) is 5.26 Å². The van der Waals surface area contributed by atoms with E-state index in [-0.39, 0.29) is 4.90 Å². The molecule has 0 atom stereocenters. The number of rotatable bonds is 6. The first-order valence-corrected chi connectivity index (χ1v) is 8.44. The Kier molecular flexibility index (Phi) is 5.02. The number of sulfone groups is 1. The van der Waals surface area contributed by atoms with Gasteiger partial charge in [-0.05, 0) is 42.5 Å². The first-order chi connectivity index (χ1) is 10.5. The first kappa shape index (κ1) is 15.9. The third-order valence-electron chi connectivity index (χ3n) is 2.84. The predicted octanol–water partition coefficient (Wildman–Crippen LogP) is 2.42. The number of nitriles is 1. The van der Waals surface area contributed by atoms with Gasteiger partial charge < -0.3 is 9.47 Å². The second-order valence-corrected chi connectivity index (χ2v) is 6.60. The van der Waals surface area contributed by atoms with E-state index in [1.807, 2.05) is 6.07 Å². The molecular weight excluding hydrogens is 302 g/mol. The smallest absolute Gasteiger partial charge is 0.175 e. The molecule has 0 saturated heterocycles. The average molecular weight is 317 g/mol. The molecule has 0 aliphatic heterocycles. The van der Waals surface area contributed by atoms with E-state index in [1.54, 1.807) is 36.4 Å². The maximum atomic E-state index is 11.3. The van der Waals surface area contributed by atoms with Crippen LogP contribution < -0.4 is 9.47 Å². The van der Waals surface area contributed by atoms with Gasteiger partial charge in [-0.25, -0.2) is 8.42 Å². The van der Waals surface area contributed by atoms with Crippen LogP contribution in [-0.2, 0) is 9.84 Å². The zero-order valence-corrected chi connectivity index (χ0v) is 12.8. The third kappa shape index (κ3) is 4.50. The summed E-state index contributed by atoms with van der Waals surface area (Å²) < 4.78 is 33.6. The van der Waals surface area contributed by atoms with E-state index in [9.17, 15) is 8.42 Å². The van der Waals surface area contributed by atoms with E-state index < -0.39 is 9.84 Å². The molecule has 6 heteroatoms. The van der Waals surface area contributed by atoms with Gasteiger partial charge in [0.1, 0.15) is 24.7 Å². The summed E-state index contributed by atoms with van der Waals surface area (Å²) in [5, 5.41) is 8.79. The van der Waals surface area contributed by atoms with Gasteiger partial charge >= 0.3 is 0 Å². The van der Waals surface area contributed by atoms with Gasteiger partial charge in [0, 0.05) is 6.26 Å². The highest BCUT2D eigenvalue weighted by Crippen LogP contribution is 2.16. The molecule has 0 aromatic heterocycles. The molecule has 0 heterocycles. The molecule has 0 aliphatic rings. The SMILES string of the molecule is CS(=O)(=O)c1ccc(OCCOc2cccc(C#N)c2)cc1. The van der Waals surface area contributed by atoms with Crippen LogP contribution in [0.5, 0.6) is 11.5 Å². The Hall–Kier alpha value is -2.52. The van der Waals surface area contributed by atoms with Crippen LogP contribution in [-0.4, -0.2) is 27.9 Å². The Bertz CT molecular complexity index is 777. The van der Waals surface area contributed by atoms with Crippen LogP contribution in [0.25, 0.3) is 0 Å². The molecule has 22 heavy (non-hydrogen) atoms. The van der Waals surface area contributed by atoms with Crippen LogP contribution in [0.1, 0.15) is 5.56 Å². The molecule has 0 N–H and O–H groups in total. The fraction of sp³-hybridized carbons (Fsp3) is 0.188. The zero-order valence-electron chi connectivity index (χ0n) is 12.0. The Balaban J connectivity index is 1.83. The zero-order chi connectivity index (χ0) is 16.0. The summed E-state index contributed by atoms with van der Waals surface area (Å²) in [5.41, 5.74) is 0.537. The molecule has 2 aromatic carbocycles. The highest BCUT2D eigenvalue weighted by Gasteiger charge is 2.06. The minimum atomic E-state index is -3.19. The van der Waals surface area contributed by atoms with Crippen LogP contribution in [0.2, 0.25) is 0 Å². The molecule has 0 saturated carbocycles. The summed E-state index contributed by atoms with van der Waals surface area (Å²) in [6.45, 7) is 0.637. The predicted molar refractivity (Wildman–Crippen MR) is 81.7 cm³/mol. The second kappa shape index (κ2) is 6.96. The van der Waals surface area contributed by atoms with Crippen molar-refractivity contribution in [3.8, 4) is 17.6 Å². The largest absolute Gasteiger partial charge is 0.490 e. The van der Waals surface area contributed by atoms with Gasteiger partial charge in [0.25, 0.3) is 0 Å². The molecule has 2 rings (SSSR count). The van der Waals surface area contributed by atoms with Crippen LogP contribution >= 0.6 is 0 Å². The fourth-order valence-corrected chi connectivity index (χ4v) is 2.39. The topological polar surface area (TPSA) is 76.4 Å². The minimum Gasteiger partial charge on any atom is -0.490 e. The van der Waals surface area contributed by atoms with Crippen LogP contribution in [0.4, 0.5) is 0 Å². The molecule has 2 aromatic rings. The van der Waals surface area contributed by atoms with E-state index in [4.69, 9.17) is 14.7 Å². The van der Waals surface area contributed by atoms with Crippen molar-refractivity contribution in [1.82, 2.24) is 0 Å². The summed E-state index contributed by atoms with van der Waals surface area (Å²) in [6.07, 6.45) is 1.16. The van der Waals surface area contributed by atoms with E-state index in [0.717, 1.165) is 6.26 Å². The lowest BCUT2D eigenvalue weighted by Gasteiger charge is -2.09. The summed E-state index contributed by atoms with van der Waals surface area (Å²) in [4.78, 5) is 0.254. The molecule has 0 bridgehead atoms. The number of hydrogen-bond donors (Lipinski definition) is 0. The van der Waals surface area contributed by atoms with Crippen molar-refractivity contribution in [1.29, 1.82) is 5.26 Å². The lowest BCUT2D eigenvalue weighted by atomic mass is 10.2. The molecule has 0 amide bonds. The van der Waals surface area contributed by atoms with E-state index in [1.165, 1.54) is 12.1 Å². The van der Waals surface area contributed by atoms with Crippen molar-refractivity contribution in [2.24, 2.45) is 0 Å². The Morgan fingerprint density at radius 1 is 1.00 bits per heavy atom. The van der Waals surface area contributed by atoms with Crippen molar-refractivity contribution in [3.63, 3.8) is 0 Å². The molecule has 5 nitrogen and oxygen atoms in total. The van der Waals surface area contributed by atoms with Gasteiger partial charge in [-0.15, -0.1) is 0 Å². The highest BCUT2D eigenvalue weighted by atomic mass is 32.2.